The zero-order valence-corrected chi connectivity index (χ0v) is 7.25. The van der Waals surface area contributed by atoms with Gasteiger partial charge in [-0.3, -0.25) is 0 Å². The molecule has 10 heavy (non-hydrogen) atoms. The van der Waals surface area contributed by atoms with Crippen molar-refractivity contribution in [2.75, 3.05) is 0 Å². The van der Waals surface area contributed by atoms with Crippen molar-refractivity contribution in [1.29, 1.82) is 0 Å². The van der Waals surface area contributed by atoms with E-state index in [9.17, 15) is 0 Å². The summed E-state index contributed by atoms with van der Waals surface area (Å²) in [6.45, 7) is 1.80. The molecule has 0 bridgehead atoms. The van der Waals surface area contributed by atoms with Crippen LogP contribution in [0.4, 0.5) is 0 Å². The first-order valence-corrected chi connectivity index (χ1v) is 5.72. The Labute approximate surface area is 64.1 Å². The van der Waals surface area contributed by atoms with Gasteiger partial charge in [-0.25, -0.2) is 0 Å². The first-order valence-electron chi connectivity index (χ1n) is 2.98. The Hall–Kier alpha value is 0.514. The number of hydrogen-bond acceptors (Lipinski definition) is 5. The van der Waals surface area contributed by atoms with Crippen LogP contribution in [-0.2, 0) is 21.5 Å². The van der Waals surface area contributed by atoms with Gasteiger partial charge in [0.1, 0.15) is 0 Å². The molecule has 0 aromatic rings. The minimum absolute atomic E-state index is 0.286. The molecule has 1 unspecified atom stereocenters. The Kier molecular flexibility index (Phi) is 4.63. The van der Waals surface area contributed by atoms with Gasteiger partial charge in [0.2, 0.25) is 0 Å². The molecule has 0 aliphatic rings. The molecule has 0 amide bonds. The molecule has 0 saturated heterocycles. The van der Waals surface area contributed by atoms with Crippen molar-refractivity contribution in [3.05, 3.63) is 0 Å². The SMILES string of the molecule is CCCC(O)[O][Ti]([OH])([OH])[OH]. The second-order valence-electron chi connectivity index (χ2n) is 1.94. The van der Waals surface area contributed by atoms with Crippen molar-refractivity contribution < 1.29 is 37.6 Å². The van der Waals surface area contributed by atoms with Crippen LogP contribution in [0.5, 0.6) is 0 Å². The number of rotatable bonds is 4. The molecule has 0 fully saturated rings. The first-order chi connectivity index (χ1) is 4.45. The van der Waals surface area contributed by atoms with E-state index in [0.717, 1.165) is 0 Å². The molecular formula is C4H12O5Ti. The summed E-state index contributed by atoms with van der Waals surface area (Å²) in [5.41, 5.74) is 0. The summed E-state index contributed by atoms with van der Waals surface area (Å²) in [7, 11) is 0. The average Bonchev–Trinajstić information content (AvgIpc) is 1.59. The fourth-order valence-electron chi connectivity index (χ4n) is 0.488. The molecule has 0 saturated carbocycles. The van der Waals surface area contributed by atoms with Crippen molar-refractivity contribution in [3.63, 3.8) is 0 Å². The van der Waals surface area contributed by atoms with E-state index >= 15 is 0 Å². The van der Waals surface area contributed by atoms with Crippen LogP contribution in [-0.4, -0.2) is 22.5 Å². The van der Waals surface area contributed by atoms with Gasteiger partial charge in [-0.05, 0) is 0 Å². The zero-order chi connectivity index (χ0) is 8.20. The Bertz CT molecular complexity index is 90.1. The summed E-state index contributed by atoms with van der Waals surface area (Å²) >= 11 is -4.96. The topological polar surface area (TPSA) is 90.2 Å². The van der Waals surface area contributed by atoms with Crippen molar-refractivity contribution in [1.82, 2.24) is 0 Å². The van der Waals surface area contributed by atoms with E-state index in [1.165, 1.54) is 0 Å². The summed E-state index contributed by atoms with van der Waals surface area (Å²) in [6.07, 6.45) is -0.321. The maximum absolute atomic E-state index is 8.73. The predicted molar refractivity (Wildman–Crippen MR) is 28.7 cm³/mol. The molecule has 62 valence electrons. The van der Waals surface area contributed by atoms with Gasteiger partial charge in [0.05, 0.1) is 0 Å². The minimum atomic E-state index is -4.96. The van der Waals surface area contributed by atoms with E-state index in [4.69, 9.17) is 16.2 Å². The molecule has 0 aromatic heterocycles. The summed E-state index contributed by atoms with van der Waals surface area (Å²) in [5, 5.41) is 8.73. The van der Waals surface area contributed by atoms with Gasteiger partial charge in [0.25, 0.3) is 0 Å². The number of aliphatic hydroxyl groups excluding tert-OH is 1. The van der Waals surface area contributed by atoms with Gasteiger partial charge in [0, 0.05) is 0 Å². The van der Waals surface area contributed by atoms with Gasteiger partial charge in [-0.2, -0.15) is 0 Å². The molecule has 0 aliphatic heterocycles. The Balaban J connectivity index is 3.47. The molecule has 4 N–H and O–H groups in total. The van der Waals surface area contributed by atoms with E-state index in [1.54, 1.807) is 6.92 Å². The third-order valence-electron chi connectivity index (χ3n) is 0.830. The average molecular weight is 188 g/mol. The third-order valence-corrected chi connectivity index (χ3v) is 1.75. The summed E-state index contributed by atoms with van der Waals surface area (Å²) < 4.78 is 29.1. The molecule has 0 heterocycles. The van der Waals surface area contributed by atoms with Crippen molar-refractivity contribution in [3.8, 4) is 0 Å². The molecule has 0 aromatic carbocycles. The van der Waals surface area contributed by atoms with Gasteiger partial charge in [0.15, 0.2) is 0 Å². The fourth-order valence-corrected chi connectivity index (χ4v) is 1.24. The normalized spacial score (nSPS) is 15.3. The van der Waals surface area contributed by atoms with E-state index in [0.29, 0.717) is 6.42 Å². The Morgan fingerprint density at radius 2 is 1.90 bits per heavy atom. The van der Waals surface area contributed by atoms with E-state index in [2.05, 4.69) is 3.32 Å². The molecule has 5 nitrogen and oxygen atoms in total. The maximum atomic E-state index is 8.73. The van der Waals surface area contributed by atoms with Crippen LogP contribution in [0.3, 0.4) is 0 Å². The van der Waals surface area contributed by atoms with Crippen molar-refractivity contribution in [2.45, 2.75) is 26.1 Å². The molecular weight excluding hydrogens is 176 g/mol. The second kappa shape index (κ2) is 4.40. The summed E-state index contributed by atoms with van der Waals surface area (Å²) in [4.78, 5) is 0. The van der Waals surface area contributed by atoms with E-state index in [1.807, 2.05) is 0 Å². The van der Waals surface area contributed by atoms with Gasteiger partial charge >= 0.3 is 63.7 Å². The Morgan fingerprint density at radius 1 is 1.40 bits per heavy atom. The standard InChI is InChI=1S/C4H9O2.3H2O.Ti/c1-2-3-4(5)6;;;;/h4-5H,2-3H2,1H3;3*1H2;/q-1;;;;+4/p-3. The second-order valence-corrected chi connectivity index (χ2v) is 4.10. The van der Waals surface area contributed by atoms with Crippen LogP contribution < -0.4 is 0 Å². The van der Waals surface area contributed by atoms with Crippen molar-refractivity contribution >= 4 is 0 Å². The zero-order valence-electron chi connectivity index (χ0n) is 5.69. The fraction of sp³-hybridized carbons (Fsp3) is 1.00. The quantitative estimate of drug-likeness (QED) is 0.332. The molecule has 0 radical (unpaired) electrons. The van der Waals surface area contributed by atoms with Crippen LogP contribution >= 0.6 is 0 Å². The summed E-state index contributed by atoms with van der Waals surface area (Å²) in [6, 6.07) is 0. The van der Waals surface area contributed by atoms with Crippen molar-refractivity contribution in [2.24, 2.45) is 0 Å². The monoisotopic (exact) mass is 188 g/mol. The first kappa shape index (κ1) is 10.5. The molecule has 0 aliphatic carbocycles. The predicted octanol–water partition coefficient (Wildman–Crippen LogP) is -1.09. The van der Waals surface area contributed by atoms with Crippen LogP contribution in [0.2, 0.25) is 0 Å². The van der Waals surface area contributed by atoms with E-state index in [-0.39, 0.29) is 6.42 Å². The molecule has 6 heteroatoms. The summed E-state index contributed by atoms with van der Waals surface area (Å²) in [5.74, 6) is 0. The van der Waals surface area contributed by atoms with Gasteiger partial charge < -0.3 is 0 Å². The third kappa shape index (κ3) is 6.63. The molecule has 0 spiro atoms. The van der Waals surface area contributed by atoms with Crippen LogP contribution in [0.15, 0.2) is 0 Å². The van der Waals surface area contributed by atoms with Crippen LogP contribution in [0, 0.1) is 0 Å². The molecule has 0 rings (SSSR count). The van der Waals surface area contributed by atoms with Gasteiger partial charge in [-0.15, -0.1) is 0 Å². The number of aliphatic hydroxyl groups is 1. The number of hydrogen-bond donors (Lipinski definition) is 4. The molecule has 1 atom stereocenters. The van der Waals surface area contributed by atoms with E-state index < -0.39 is 24.4 Å². The van der Waals surface area contributed by atoms with Gasteiger partial charge in [-0.1, -0.05) is 0 Å². The van der Waals surface area contributed by atoms with Crippen LogP contribution in [0.25, 0.3) is 0 Å². The van der Waals surface area contributed by atoms with Crippen LogP contribution in [0.1, 0.15) is 19.8 Å². The Morgan fingerprint density at radius 3 is 2.20 bits per heavy atom.